The van der Waals surface area contributed by atoms with Crippen LogP contribution in [0.25, 0.3) is 0 Å². The van der Waals surface area contributed by atoms with E-state index in [4.69, 9.17) is 5.73 Å². The Balaban J connectivity index is 2.36. The number of likely N-dealkylation sites (N-methyl/N-ethyl adjacent to an activating group) is 1. The Labute approximate surface area is 116 Å². The molecular weight excluding hydrogens is 238 g/mol. The molecule has 0 bridgehead atoms. The average molecular weight is 263 g/mol. The van der Waals surface area contributed by atoms with Crippen LogP contribution < -0.4 is 11.1 Å². The van der Waals surface area contributed by atoms with Crippen LogP contribution in [0, 0.1) is 0 Å². The van der Waals surface area contributed by atoms with Crippen molar-refractivity contribution in [3.8, 4) is 0 Å². The summed E-state index contributed by atoms with van der Waals surface area (Å²) in [6.07, 6.45) is 1.11. The highest BCUT2D eigenvalue weighted by atomic mass is 16.2. The van der Waals surface area contributed by atoms with Crippen molar-refractivity contribution in [1.29, 1.82) is 0 Å². The number of nitrogens with zero attached hydrogens (tertiary/aromatic N) is 1. The molecule has 3 N–H and O–H groups in total. The monoisotopic (exact) mass is 263 g/mol. The molecule has 0 fully saturated rings. The molecule has 0 aliphatic carbocycles. The Kier molecular flexibility index (Phi) is 6.53. The molecule has 0 aliphatic rings. The highest BCUT2D eigenvalue weighted by Gasteiger charge is 2.15. The number of carbonyl (C=O) groups is 1. The second-order valence-corrected chi connectivity index (χ2v) is 4.92. The van der Waals surface area contributed by atoms with Crippen LogP contribution in [0.2, 0.25) is 0 Å². The largest absolute Gasteiger partial charge is 0.353 e. The van der Waals surface area contributed by atoms with Gasteiger partial charge in [-0.1, -0.05) is 37.3 Å². The molecule has 2 atom stereocenters. The summed E-state index contributed by atoms with van der Waals surface area (Å²) in [5, 5.41) is 2.89. The molecule has 0 spiro atoms. The van der Waals surface area contributed by atoms with Gasteiger partial charge in [0.25, 0.3) is 0 Å². The van der Waals surface area contributed by atoms with Gasteiger partial charge in [0.15, 0.2) is 0 Å². The number of hydrogen-bond acceptors (Lipinski definition) is 3. The van der Waals surface area contributed by atoms with Gasteiger partial charge in [0, 0.05) is 19.1 Å². The van der Waals surface area contributed by atoms with Gasteiger partial charge in [-0.25, -0.2) is 0 Å². The summed E-state index contributed by atoms with van der Waals surface area (Å²) < 4.78 is 0. The summed E-state index contributed by atoms with van der Waals surface area (Å²) in [5.41, 5.74) is 6.76. The normalized spacial score (nSPS) is 14.2. The van der Waals surface area contributed by atoms with Crippen LogP contribution in [0.1, 0.15) is 31.9 Å². The van der Waals surface area contributed by atoms with Crippen molar-refractivity contribution in [2.45, 2.75) is 32.4 Å². The van der Waals surface area contributed by atoms with Gasteiger partial charge in [-0.2, -0.15) is 0 Å². The highest BCUT2D eigenvalue weighted by Crippen LogP contribution is 2.09. The zero-order chi connectivity index (χ0) is 14.3. The number of benzene rings is 1. The van der Waals surface area contributed by atoms with E-state index in [1.807, 2.05) is 30.3 Å². The van der Waals surface area contributed by atoms with Crippen LogP contribution in [-0.4, -0.2) is 37.0 Å². The summed E-state index contributed by atoms with van der Waals surface area (Å²) in [5.74, 6) is -0.122. The lowest BCUT2D eigenvalue weighted by Gasteiger charge is -2.23. The number of amides is 1. The molecule has 1 amide bonds. The molecule has 106 valence electrons. The maximum Gasteiger partial charge on any atom is 0.241 e. The van der Waals surface area contributed by atoms with Crippen molar-refractivity contribution in [2.24, 2.45) is 5.73 Å². The Morgan fingerprint density at radius 1 is 1.37 bits per heavy atom. The van der Waals surface area contributed by atoms with Crippen LogP contribution >= 0.6 is 0 Å². The van der Waals surface area contributed by atoms with Gasteiger partial charge >= 0.3 is 0 Å². The summed E-state index contributed by atoms with van der Waals surface area (Å²) in [6.45, 7) is 5.80. The van der Waals surface area contributed by atoms with Crippen molar-refractivity contribution < 1.29 is 4.79 Å². The second-order valence-electron chi connectivity index (χ2n) is 4.92. The zero-order valence-electron chi connectivity index (χ0n) is 12.1. The smallest absolute Gasteiger partial charge is 0.241 e. The van der Waals surface area contributed by atoms with Gasteiger partial charge in [0.2, 0.25) is 5.91 Å². The van der Waals surface area contributed by atoms with Crippen molar-refractivity contribution in [1.82, 2.24) is 10.2 Å². The minimum Gasteiger partial charge on any atom is -0.353 e. The molecular formula is C15H25N3O. The average Bonchev–Trinajstić information content (AvgIpc) is 2.46. The first-order valence-corrected chi connectivity index (χ1v) is 6.84. The first kappa shape index (κ1) is 15.7. The van der Waals surface area contributed by atoms with Crippen LogP contribution in [-0.2, 0) is 4.79 Å². The maximum absolute atomic E-state index is 11.9. The molecule has 4 heteroatoms. The topological polar surface area (TPSA) is 58.4 Å². The predicted molar refractivity (Wildman–Crippen MR) is 78.8 cm³/mol. The molecule has 1 rings (SSSR count). The van der Waals surface area contributed by atoms with Gasteiger partial charge in [-0.05, 0) is 26.0 Å². The van der Waals surface area contributed by atoms with E-state index in [1.54, 1.807) is 0 Å². The first-order valence-electron chi connectivity index (χ1n) is 6.84. The molecule has 0 saturated heterocycles. The van der Waals surface area contributed by atoms with Crippen LogP contribution in [0.5, 0.6) is 0 Å². The third-order valence-electron chi connectivity index (χ3n) is 3.55. The molecule has 0 aliphatic heterocycles. The molecule has 0 saturated carbocycles. The summed E-state index contributed by atoms with van der Waals surface area (Å²) >= 11 is 0. The maximum atomic E-state index is 11.9. The zero-order valence-corrected chi connectivity index (χ0v) is 12.1. The van der Waals surface area contributed by atoms with Crippen molar-refractivity contribution >= 4 is 5.91 Å². The van der Waals surface area contributed by atoms with Crippen LogP contribution in [0.4, 0.5) is 0 Å². The van der Waals surface area contributed by atoms with Crippen LogP contribution in [0.3, 0.4) is 0 Å². The Hall–Kier alpha value is -1.39. The third kappa shape index (κ3) is 5.01. The van der Waals surface area contributed by atoms with E-state index in [0.29, 0.717) is 12.6 Å². The molecule has 0 aromatic heterocycles. The minimum absolute atomic E-state index is 0.122. The van der Waals surface area contributed by atoms with E-state index < -0.39 is 6.04 Å². The standard InChI is InChI=1S/C15H25N3O/c1-4-12(2)18(3)11-10-17-15(19)14(16)13-8-6-5-7-9-13/h5-9,12,14H,4,10-11,16H2,1-3H3,(H,17,19)/t12?,14-/m1/s1. The second kappa shape index (κ2) is 7.92. The minimum atomic E-state index is -0.588. The van der Waals surface area contributed by atoms with Gasteiger partial charge in [-0.15, -0.1) is 0 Å². The number of nitrogens with one attached hydrogen (secondary N) is 1. The third-order valence-corrected chi connectivity index (χ3v) is 3.55. The number of nitrogens with two attached hydrogens (primary N) is 1. The summed E-state index contributed by atoms with van der Waals surface area (Å²) in [4.78, 5) is 14.1. The fraction of sp³-hybridized carbons (Fsp3) is 0.533. The Morgan fingerprint density at radius 3 is 2.58 bits per heavy atom. The molecule has 19 heavy (non-hydrogen) atoms. The van der Waals surface area contributed by atoms with Crippen molar-refractivity contribution in [3.63, 3.8) is 0 Å². The lowest BCUT2D eigenvalue weighted by Crippen LogP contribution is -2.40. The SMILES string of the molecule is CCC(C)N(C)CCNC(=O)[C@H](N)c1ccccc1. The lowest BCUT2D eigenvalue weighted by atomic mass is 10.1. The number of hydrogen-bond donors (Lipinski definition) is 2. The molecule has 1 unspecified atom stereocenters. The van der Waals surface area contributed by atoms with Gasteiger partial charge < -0.3 is 16.0 Å². The van der Waals surface area contributed by atoms with Gasteiger partial charge in [0.1, 0.15) is 6.04 Å². The quantitative estimate of drug-likeness (QED) is 0.784. The van der Waals surface area contributed by atoms with E-state index >= 15 is 0 Å². The van der Waals surface area contributed by atoms with E-state index in [1.165, 1.54) is 0 Å². The molecule has 1 aromatic rings. The first-order chi connectivity index (χ1) is 9.06. The number of rotatable bonds is 7. The predicted octanol–water partition coefficient (Wildman–Crippen LogP) is 1.53. The molecule has 4 nitrogen and oxygen atoms in total. The molecule has 1 aromatic carbocycles. The van der Waals surface area contributed by atoms with Crippen LogP contribution in [0.15, 0.2) is 30.3 Å². The lowest BCUT2D eigenvalue weighted by molar-refractivity contribution is -0.122. The van der Waals surface area contributed by atoms with E-state index in [0.717, 1.165) is 18.5 Å². The fourth-order valence-corrected chi connectivity index (χ4v) is 1.81. The Bertz CT molecular complexity index is 380. The van der Waals surface area contributed by atoms with E-state index in [9.17, 15) is 4.79 Å². The van der Waals surface area contributed by atoms with Crippen molar-refractivity contribution in [3.05, 3.63) is 35.9 Å². The summed E-state index contributed by atoms with van der Waals surface area (Å²) in [7, 11) is 2.07. The van der Waals surface area contributed by atoms with E-state index in [2.05, 4.69) is 31.1 Å². The van der Waals surface area contributed by atoms with E-state index in [-0.39, 0.29) is 5.91 Å². The summed E-state index contributed by atoms with van der Waals surface area (Å²) in [6, 6.07) is 9.37. The fourth-order valence-electron chi connectivity index (χ4n) is 1.81. The highest BCUT2D eigenvalue weighted by molar-refractivity contribution is 5.82. The molecule has 0 heterocycles. The van der Waals surface area contributed by atoms with Gasteiger partial charge in [0.05, 0.1) is 0 Å². The van der Waals surface area contributed by atoms with Crippen molar-refractivity contribution in [2.75, 3.05) is 20.1 Å². The van der Waals surface area contributed by atoms with Gasteiger partial charge in [-0.3, -0.25) is 4.79 Å². The number of carbonyl (C=O) groups excluding carboxylic acids is 1. The Morgan fingerprint density at radius 2 is 2.00 bits per heavy atom. The molecule has 0 radical (unpaired) electrons.